The van der Waals surface area contributed by atoms with Gasteiger partial charge in [-0.3, -0.25) is 9.79 Å². The van der Waals surface area contributed by atoms with Crippen LogP contribution in [-0.4, -0.2) is 35.5 Å². The van der Waals surface area contributed by atoms with Crippen LogP contribution in [0, 0.1) is 6.92 Å². The zero-order chi connectivity index (χ0) is 16.6. The molecule has 0 atom stereocenters. The molecular formula is C16H27N5O. The summed E-state index contributed by atoms with van der Waals surface area (Å²) < 4.78 is 0. The van der Waals surface area contributed by atoms with Crippen molar-refractivity contribution in [3.63, 3.8) is 0 Å². The van der Waals surface area contributed by atoms with Crippen LogP contribution in [-0.2, 0) is 4.79 Å². The summed E-state index contributed by atoms with van der Waals surface area (Å²) in [6.07, 6.45) is 2.04. The Kier molecular flexibility index (Phi) is 6.82. The number of hydrogen-bond donors (Lipinski definition) is 3. The summed E-state index contributed by atoms with van der Waals surface area (Å²) in [7, 11) is 0. The van der Waals surface area contributed by atoms with Crippen molar-refractivity contribution < 1.29 is 4.79 Å². The van der Waals surface area contributed by atoms with Gasteiger partial charge >= 0.3 is 0 Å². The quantitative estimate of drug-likeness (QED) is 0.575. The molecule has 0 unspecified atom stereocenters. The number of hydrogen-bond acceptors (Lipinski definition) is 3. The molecule has 1 heterocycles. The lowest BCUT2D eigenvalue weighted by Gasteiger charge is -2.23. The number of carbonyl (C=O) groups is 1. The number of nitrogens with zero attached hydrogens (tertiary/aromatic N) is 2. The minimum absolute atomic E-state index is 0.0743. The molecule has 1 rings (SSSR count). The van der Waals surface area contributed by atoms with Crippen LogP contribution in [0.4, 0.5) is 5.82 Å². The van der Waals surface area contributed by atoms with Crippen LogP contribution < -0.4 is 16.0 Å². The second-order valence-electron chi connectivity index (χ2n) is 6.15. The maximum absolute atomic E-state index is 11.9. The number of carbonyl (C=O) groups excluding carboxylic acids is 1. The first kappa shape index (κ1) is 17.9. The van der Waals surface area contributed by atoms with Crippen molar-refractivity contribution in [3.8, 4) is 0 Å². The van der Waals surface area contributed by atoms with Gasteiger partial charge < -0.3 is 16.0 Å². The van der Waals surface area contributed by atoms with E-state index in [1.54, 1.807) is 12.3 Å². The molecule has 22 heavy (non-hydrogen) atoms. The van der Waals surface area contributed by atoms with Gasteiger partial charge in [0.25, 0.3) is 0 Å². The fraction of sp³-hybridized carbons (Fsp3) is 0.562. The number of pyridine rings is 1. The van der Waals surface area contributed by atoms with Crippen LogP contribution in [0.3, 0.4) is 0 Å². The van der Waals surface area contributed by atoms with Gasteiger partial charge in [0, 0.05) is 24.7 Å². The summed E-state index contributed by atoms with van der Waals surface area (Å²) >= 11 is 0. The Labute approximate surface area is 132 Å². The number of guanidine groups is 1. The summed E-state index contributed by atoms with van der Waals surface area (Å²) in [5.74, 6) is 1.20. The van der Waals surface area contributed by atoms with Crippen LogP contribution in [0.5, 0.6) is 0 Å². The predicted molar refractivity (Wildman–Crippen MR) is 91.1 cm³/mol. The molecule has 1 aromatic rings. The zero-order valence-electron chi connectivity index (χ0n) is 14.2. The third kappa shape index (κ3) is 7.61. The largest absolute Gasteiger partial charge is 0.357 e. The Balaban J connectivity index is 2.47. The third-order valence-corrected chi connectivity index (χ3v) is 2.63. The topological polar surface area (TPSA) is 78.4 Å². The molecule has 1 amide bonds. The molecule has 0 bridgehead atoms. The molecule has 0 aliphatic rings. The molecule has 0 fully saturated rings. The molecule has 0 spiro atoms. The van der Waals surface area contributed by atoms with E-state index in [4.69, 9.17) is 0 Å². The van der Waals surface area contributed by atoms with E-state index in [1.807, 2.05) is 19.9 Å². The second-order valence-corrected chi connectivity index (χ2v) is 6.15. The zero-order valence-corrected chi connectivity index (χ0v) is 14.2. The first-order valence-corrected chi connectivity index (χ1v) is 7.59. The van der Waals surface area contributed by atoms with Crippen LogP contribution in [0.2, 0.25) is 0 Å². The molecule has 122 valence electrons. The van der Waals surface area contributed by atoms with E-state index in [-0.39, 0.29) is 11.4 Å². The summed E-state index contributed by atoms with van der Waals surface area (Å²) in [4.78, 5) is 20.4. The van der Waals surface area contributed by atoms with E-state index < -0.39 is 0 Å². The third-order valence-electron chi connectivity index (χ3n) is 2.63. The minimum Gasteiger partial charge on any atom is -0.357 e. The molecule has 0 aliphatic heterocycles. The van der Waals surface area contributed by atoms with Crippen LogP contribution in [0.1, 0.15) is 39.7 Å². The summed E-state index contributed by atoms with van der Waals surface area (Å²) in [6, 6.07) is 3.71. The van der Waals surface area contributed by atoms with E-state index in [9.17, 15) is 4.79 Å². The van der Waals surface area contributed by atoms with Crippen molar-refractivity contribution in [1.82, 2.24) is 15.6 Å². The fourth-order valence-corrected chi connectivity index (χ4v) is 1.68. The molecule has 0 aromatic carbocycles. The van der Waals surface area contributed by atoms with Crippen LogP contribution in [0.25, 0.3) is 0 Å². The monoisotopic (exact) mass is 305 g/mol. The molecule has 1 aromatic heterocycles. The number of amides is 1. The SMILES string of the molecule is CCNC(=NCCC(=O)Nc1ccc(C)cn1)NC(C)(C)C. The Hall–Kier alpha value is -2.11. The van der Waals surface area contributed by atoms with E-state index >= 15 is 0 Å². The summed E-state index contributed by atoms with van der Waals surface area (Å²) in [6.45, 7) is 11.4. The molecule has 0 saturated heterocycles. The highest BCUT2D eigenvalue weighted by Gasteiger charge is 2.11. The highest BCUT2D eigenvalue weighted by molar-refractivity contribution is 5.90. The van der Waals surface area contributed by atoms with E-state index in [0.29, 0.717) is 18.8 Å². The van der Waals surface area contributed by atoms with E-state index in [0.717, 1.165) is 18.1 Å². The van der Waals surface area contributed by atoms with E-state index in [2.05, 4.69) is 46.7 Å². The van der Waals surface area contributed by atoms with Gasteiger partial charge in [0.1, 0.15) is 5.82 Å². The van der Waals surface area contributed by atoms with Crippen molar-refractivity contribution in [2.45, 2.75) is 46.6 Å². The first-order valence-electron chi connectivity index (χ1n) is 7.59. The maximum atomic E-state index is 11.9. The van der Waals surface area contributed by atoms with Gasteiger partial charge in [-0.25, -0.2) is 4.98 Å². The van der Waals surface area contributed by atoms with Gasteiger partial charge in [-0.1, -0.05) is 6.07 Å². The van der Waals surface area contributed by atoms with Crippen LogP contribution in [0.15, 0.2) is 23.3 Å². The average Bonchev–Trinajstić information content (AvgIpc) is 2.40. The number of rotatable bonds is 5. The van der Waals surface area contributed by atoms with Gasteiger partial charge in [-0.15, -0.1) is 0 Å². The molecule has 0 saturated carbocycles. The molecule has 0 radical (unpaired) electrons. The number of anilines is 1. The summed E-state index contributed by atoms with van der Waals surface area (Å²) in [5, 5.41) is 9.21. The van der Waals surface area contributed by atoms with Gasteiger partial charge in [0.15, 0.2) is 5.96 Å². The normalized spacial score (nSPS) is 12.0. The number of aryl methyl sites for hydroxylation is 1. The Morgan fingerprint density at radius 1 is 1.32 bits per heavy atom. The van der Waals surface area contributed by atoms with Crippen molar-refractivity contribution >= 4 is 17.7 Å². The number of aliphatic imine (C=N–C) groups is 1. The number of aromatic nitrogens is 1. The van der Waals surface area contributed by atoms with Gasteiger partial charge in [-0.2, -0.15) is 0 Å². The standard InChI is InChI=1S/C16H27N5O/c1-6-17-15(21-16(3,4)5)18-10-9-14(22)20-13-8-7-12(2)11-19-13/h7-8,11H,6,9-10H2,1-5H3,(H2,17,18,21)(H,19,20,22). The van der Waals surface area contributed by atoms with E-state index in [1.165, 1.54) is 0 Å². The first-order chi connectivity index (χ1) is 10.3. The molecule has 6 nitrogen and oxygen atoms in total. The van der Waals surface area contributed by atoms with Crippen molar-refractivity contribution in [3.05, 3.63) is 23.9 Å². The molecule has 0 aliphatic carbocycles. The predicted octanol–water partition coefficient (Wildman–Crippen LogP) is 2.07. The van der Waals surface area contributed by atoms with Gasteiger partial charge in [-0.05, 0) is 46.2 Å². The Bertz CT molecular complexity index is 502. The number of nitrogens with one attached hydrogen (secondary N) is 3. The van der Waals surface area contributed by atoms with Crippen LogP contribution >= 0.6 is 0 Å². The molecule has 6 heteroatoms. The second kappa shape index (κ2) is 8.36. The highest BCUT2D eigenvalue weighted by Crippen LogP contribution is 2.04. The Morgan fingerprint density at radius 3 is 2.59 bits per heavy atom. The van der Waals surface area contributed by atoms with Crippen molar-refractivity contribution in [1.29, 1.82) is 0 Å². The molecular weight excluding hydrogens is 278 g/mol. The summed E-state index contributed by atoms with van der Waals surface area (Å²) in [5.41, 5.74) is 0.987. The van der Waals surface area contributed by atoms with Gasteiger partial charge in [0.2, 0.25) is 5.91 Å². The minimum atomic E-state index is -0.0910. The van der Waals surface area contributed by atoms with Crippen molar-refractivity contribution in [2.24, 2.45) is 4.99 Å². The average molecular weight is 305 g/mol. The van der Waals surface area contributed by atoms with Gasteiger partial charge in [0.05, 0.1) is 6.54 Å². The lowest BCUT2D eigenvalue weighted by Crippen LogP contribution is -2.47. The lowest BCUT2D eigenvalue weighted by atomic mass is 10.1. The maximum Gasteiger partial charge on any atom is 0.227 e. The lowest BCUT2D eigenvalue weighted by molar-refractivity contribution is -0.116. The molecule has 3 N–H and O–H groups in total. The fourth-order valence-electron chi connectivity index (χ4n) is 1.68. The highest BCUT2D eigenvalue weighted by atomic mass is 16.1. The van der Waals surface area contributed by atoms with Crippen molar-refractivity contribution in [2.75, 3.05) is 18.4 Å². The smallest absolute Gasteiger partial charge is 0.227 e. The Morgan fingerprint density at radius 2 is 2.05 bits per heavy atom.